The lowest BCUT2D eigenvalue weighted by atomic mass is 9.89. The summed E-state index contributed by atoms with van der Waals surface area (Å²) < 4.78 is 0. The molecule has 1 aromatic carbocycles. The van der Waals surface area contributed by atoms with Crippen molar-refractivity contribution in [3.63, 3.8) is 0 Å². The molecule has 5 heteroatoms. The summed E-state index contributed by atoms with van der Waals surface area (Å²) in [5.74, 6) is 0.685. The zero-order valence-corrected chi connectivity index (χ0v) is 10.4. The average Bonchev–Trinajstić information content (AvgIpc) is 2.37. The Morgan fingerprint density at radius 1 is 1.50 bits per heavy atom. The van der Waals surface area contributed by atoms with Crippen LogP contribution in [0.2, 0.25) is 0 Å². The van der Waals surface area contributed by atoms with E-state index in [1.54, 1.807) is 12.1 Å². The van der Waals surface area contributed by atoms with E-state index < -0.39 is 4.92 Å². The minimum Gasteiger partial charge on any atom is -0.278 e. The summed E-state index contributed by atoms with van der Waals surface area (Å²) in [5.41, 5.74) is 4.81. The molecule has 0 aromatic heterocycles. The molecule has 0 radical (unpaired) electrons. The van der Waals surface area contributed by atoms with Crippen LogP contribution in [-0.4, -0.2) is 10.6 Å². The van der Waals surface area contributed by atoms with E-state index in [2.05, 4.69) is 17.5 Å². The summed E-state index contributed by atoms with van der Waals surface area (Å²) in [6, 6.07) is 6.41. The standard InChI is InChI=1S/C13H17N3O2/c1-10-4-2-5-11(8-10)14-15-12-6-3-7-13(9-12)16(17)18/h3,6-7,9-10,15H,2,4-5,8H2,1H3/b14-11-/t10-/m0/s1. The van der Waals surface area contributed by atoms with Crippen LogP contribution < -0.4 is 5.43 Å². The SMILES string of the molecule is C[C@H]1CCC/C(=N/Nc2cccc([N+](=O)[O-])c2)C1. The Hall–Kier alpha value is -1.91. The molecule has 0 saturated heterocycles. The monoisotopic (exact) mass is 247 g/mol. The molecule has 0 bridgehead atoms. The fraction of sp³-hybridized carbons (Fsp3) is 0.462. The number of hydrogen-bond acceptors (Lipinski definition) is 4. The number of nitro benzene ring substituents is 1. The Morgan fingerprint density at radius 3 is 3.06 bits per heavy atom. The van der Waals surface area contributed by atoms with Gasteiger partial charge >= 0.3 is 0 Å². The van der Waals surface area contributed by atoms with Gasteiger partial charge in [-0.05, 0) is 37.7 Å². The van der Waals surface area contributed by atoms with Gasteiger partial charge in [-0.1, -0.05) is 13.0 Å². The Kier molecular flexibility index (Phi) is 3.92. The van der Waals surface area contributed by atoms with E-state index >= 15 is 0 Å². The normalized spacial score (nSPS) is 21.8. The van der Waals surface area contributed by atoms with Gasteiger partial charge in [-0.2, -0.15) is 5.10 Å². The predicted molar refractivity (Wildman–Crippen MR) is 71.8 cm³/mol. The van der Waals surface area contributed by atoms with Crippen LogP contribution in [0.5, 0.6) is 0 Å². The van der Waals surface area contributed by atoms with E-state index in [0.717, 1.165) is 18.6 Å². The second-order valence-corrected chi connectivity index (χ2v) is 4.80. The molecule has 96 valence electrons. The summed E-state index contributed by atoms with van der Waals surface area (Å²) in [5, 5.41) is 15.0. The zero-order valence-electron chi connectivity index (χ0n) is 10.4. The van der Waals surface area contributed by atoms with Gasteiger partial charge in [0.15, 0.2) is 0 Å². The van der Waals surface area contributed by atoms with E-state index in [1.807, 2.05) is 0 Å². The number of benzene rings is 1. The highest BCUT2D eigenvalue weighted by Gasteiger charge is 2.14. The summed E-state index contributed by atoms with van der Waals surface area (Å²) in [4.78, 5) is 10.2. The molecule has 2 rings (SSSR count). The maximum atomic E-state index is 10.6. The number of anilines is 1. The molecule has 1 N–H and O–H groups in total. The van der Waals surface area contributed by atoms with Gasteiger partial charge < -0.3 is 0 Å². The highest BCUT2D eigenvalue weighted by Crippen LogP contribution is 2.22. The third-order valence-corrected chi connectivity index (χ3v) is 3.15. The molecule has 1 aliphatic rings. The maximum absolute atomic E-state index is 10.6. The molecule has 0 aliphatic heterocycles. The number of nitro groups is 1. The Morgan fingerprint density at radius 2 is 2.33 bits per heavy atom. The van der Waals surface area contributed by atoms with E-state index in [1.165, 1.54) is 25.0 Å². The molecule has 18 heavy (non-hydrogen) atoms. The van der Waals surface area contributed by atoms with Crippen molar-refractivity contribution in [3.8, 4) is 0 Å². The summed E-state index contributed by atoms with van der Waals surface area (Å²) in [7, 11) is 0. The average molecular weight is 247 g/mol. The van der Waals surface area contributed by atoms with Crippen molar-refractivity contribution in [1.82, 2.24) is 0 Å². The van der Waals surface area contributed by atoms with E-state index in [4.69, 9.17) is 0 Å². The molecular formula is C13H17N3O2. The fourth-order valence-electron chi connectivity index (χ4n) is 2.20. The van der Waals surface area contributed by atoms with Gasteiger partial charge in [0.05, 0.1) is 10.6 Å². The number of non-ortho nitro benzene ring substituents is 1. The quantitative estimate of drug-likeness (QED) is 0.655. The largest absolute Gasteiger partial charge is 0.278 e. The first-order valence-corrected chi connectivity index (χ1v) is 6.21. The summed E-state index contributed by atoms with van der Waals surface area (Å²) in [6.07, 6.45) is 4.47. The Labute approximate surface area is 106 Å². The van der Waals surface area contributed by atoms with E-state index in [0.29, 0.717) is 11.6 Å². The van der Waals surface area contributed by atoms with Crippen LogP contribution in [0.4, 0.5) is 11.4 Å². The second kappa shape index (κ2) is 5.62. The van der Waals surface area contributed by atoms with E-state index in [9.17, 15) is 10.1 Å². The lowest BCUT2D eigenvalue weighted by molar-refractivity contribution is -0.384. The lowest BCUT2D eigenvalue weighted by Gasteiger charge is -2.19. The molecule has 0 spiro atoms. The highest BCUT2D eigenvalue weighted by atomic mass is 16.6. The maximum Gasteiger partial charge on any atom is 0.271 e. The van der Waals surface area contributed by atoms with Crippen LogP contribution in [0.3, 0.4) is 0 Å². The van der Waals surface area contributed by atoms with Crippen molar-refractivity contribution >= 4 is 17.1 Å². The first-order valence-electron chi connectivity index (χ1n) is 6.21. The fourth-order valence-corrected chi connectivity index (χ4v) is 2.20. The van der Waals surface area contributed by atoms with Crippen LogP contribution >= 0.6 is 0 Å². The summed E-state index contributed by atoms with van der Waals surface area (Å²) >= 11 is 0. The van der Waals surface area contributed by atoms with Gasteiger partial charge in [-0.25, -0.2) is 0 Å². The number of rotatable bonds is 3. The van der Waals surface area contributed by atoms with Gasteiger partial charge in [0.2, 0.25) is 0 Å². The number of nitrogens with one attached hydrogen (secondary N) is 1. The first kappa shape index (κ1) is 12.5. The smallest absolute Gasteiger partial charge is 0.271 e. The molecule has 0 unspecified atom stereocenters. The van der Waals surface area contributed by atoms with Crippen LogP contribution in [-0.2, 0) is 0 Å². The number of hydrazone groups is 1. The first-order chi connectivity index (χ1) is 8.65. The lowest BCUT2D eigenvalue weighted by Crippen LogP contribution is -2.13. The third-order valence-electron chi connectivity index (χ3n) is 3.15. The summed E-state index contributed by atoms with van der Waals surface area (Å²) in [6.45, 7) is 2.22. The molecule has 5 nitrogen and oxygen atoms in total. The molecule has 1 aromatic rings. The van der Waals surface area contributed by atoms with Gasteiger partial charge in [-0.15, -0.1) is 0 Å². The number of hydrogen-bond donors (Lipinski definition) is 1. The van der Waals surface area contributed by atoms with Gasteiger partial charge in [0, 0.05) is 17.8 Å². The Bertz CT molecular complexity index is 471. The van der Waals surface area contributed by atoms with Gasteiger partial charge in [0.25, 0.3) is 5.69 Å². The van der Waals surface area contributed by atoms with E-state index in [-0.39, 0.29) is 5.69 Å². The molecule has 1 atom stereocenters. The van der Waals surface area contributed by atoms with Crippen molar-refractivity contribution in [2.24, 2.45) is 11.0 Å². The molecule has 0 heterocycles. The van der Waals surface area contributed by atoms with Crippen molar-refractivity contribution in [3.05, 3.63) is 34.4 Å². The van der Waals surface area contributed by atoms with Crippen LogP contribution in [0.15, 0.2) is 29.4 Å². The van der Waals surface area contributed by atoms with Gasteiger partial charge in [-0.3, -0.25) is 15.5 Å². The number of nitrogens with zero attached hydrogens (tertiary/aromatic N) is 2. The van der Waals surface area contributed by atoms with Crippen LogP contribution in [0.1, 0.15) is 32.6 Å². The minimum absolute atomic E-state index is 0.0808. The molecule has 1 saturated carbocycles. The van der Waals surface area contributed by atoms with Crippen molar-refractivity contribution in [2.45, 2.75) is 32.6 Å². The zero-order chi connectivity index (χ0) is 13.0. The van der Waals surface area contributed by atoms with Crippen molar-refractivity contribution < 1.29 is 4.92 Å². The third kappa shape index (κ3) is 3.29. The minimum atomic E-state index is -0.402. The van der Waals surface area contributed by atoms with Gasteiger partial charge in [0.1, 0.15) is 0 Å². The highest BCUT2D eigenvalue weighted by molar-refractivity contribution is 5.85. The van der Waals surface area contributed by atoms with Crippen molar-refractivity contribution in [2.75, 3.05) is 5.43 Å². The Balaban J connectivity index is 2.03. The second-order valence-electron chi connectivity index (χ2n) is 4.80. The molecule has 1 aliphatic carbocycles. The predicted octanol–water partition coefficient (Wildman–Crippen LogP) is 3.57. The van der Waals surface area contributed by atoms with Crippen LogP contribution in [0, 0.1) is 16.0 Å². The topological polar surface area (TPSA) is 67.5 Å². The molecular weight excluding hydrogens is 230 g/mol. The van der Waals surface area contributed by atoms with Crippen molar-refractivity contribution in [1.29, 1.82) is 0 Å². The molecule has 0 amide bonds. The molecule has 1 fully saturated rings. The van der Waals surface area contributed by atoms with Crippen LogP contribution in [0.25, 0.3) is 0 Å².